The molecule has 3 aromatic carbocycles. The highest BCUT2D eigenvalue weighted by Gasteiger charge is 2.38. The van der Waals surface area contributed by atoms with Gasteiger partial charge in [-0.2, -0.15) is 0 Å². The van der Waals surface area contributed by atoms with Crippen molar-refractivity contribution in [2.75, 3.05) is 44.2 Å². The van der Waals surface area contributed by atoms with Crippen LogP contribution in [0.1, 0.15) is 34.3 Å². The maximum atomic E-state index is 13.4. The van der Waals surface area contributed by atoms with Crippen LogP contribution >= 0.6 is 0 Å². The van der Waals surface area contributed by atoms with Crippen LogP contribution in [-0.2, 0) is 20.0 Å². The smallest absolute Gasteiger partial charge is 0.123 e. The predicted octanol–water partition coefficient (Wildman–Crippen LogP) is 5.87. The maximum Gasteiger partial charge on any atom is 0.123 e. The van der Waals surface area contributed by atoms with Gasteiger partial charge in [0.05, 0.1) is 6.04 Å². The molecule has 0 bridgehead atoms. The van der Waals surface area contributed by atoms with Crippen LogP contribution in [0.4, 0.5) is 10.1 Å². The summed E-state index contributed by atoms with van der Waals surface area (Å²) in [5.41, 5.74) is 6.85. The van der Waals surface area contributed by atoms with E-state index in [0.717, 1.165) is 57.9 Å². The fraction of sp³-hybridized carbons (Fsp3) is 0.333. The van der Waals surface area contributed by atoms with Crippen molar-refractivity contribution in [3.63, 3.8) is 0 Å². The van der Waals surface area contributed by atoms with E-state index in [1.807, 2.05) is 12.1 Å². The van der Waals surface area contributed by atoms with Crippen molar-refractivity contribution in [1.82, 2.24) is 14.4 Å². The normalized spacial score (nSPS) is 20.4. The molecule has 3 heterocycles. The van der Waals surface area contributed by atoms with Gasteiger partial charge in [-0.05, 0) is 59.5 Å². The molecule has 0 N–H and O–H groups in total. The lowest BCUT2D eigenvalue weighted by Gasteiger charge is -2.46. The molecule has 4 nitrogen and oxygen atoms in total. The van der Waals surface area contributed by atoms with E-state index in [-0.39, 0.29) is 5.82 Å². The molecule has 2 atom stereocenters. The van der Waals surface area contributed by atoms with Gasteiger partial charge in [-0.1, -0.05) is 54.6 Å². The summed E-state index contributed by atoms with van der Waals surface area (Å²) >= 11 is 0. The van der Waals surface area contributed by atoms with Crippen LogP contribution in [0.5, 0.6) is 0 Å². The van der Waals surface area contributed by atoms with Gasteiger partial charge in [-0.25, -0.2) is 4.39 Å². The van der Waals surface area contributed by atoms with E-state index in [2.05, 4.69) is 99.2 Å². The minimum absolute atomic E-state index is 0.174. The number of halogens is 1. The van der Waals surface area contributed by atoms with Gasteiger partial charge in [0.1, 0.15) is 5.82 Å². The first kappa shape index (κ1) is 24.9. The van der Waals surface area contributed by atoms with Gasteiger partial charge in [0.25, 0.3) is 0 Å². The molecule has 2 aliphatic heterocycles. The van der Waals surface area contributed by atoms with Crippen LogP contribution in [-0.4, -0.2) is 53.6 Å². The number of benzene rings is 3. The Hall–Kier alpha value is -3.41. The summed E-state index contributed by atoms with van der Waals surface area (Å²) in [6, 6.07) is 31.7. The number of rotatable bonds is 7. The first-order chi connectivity index (χ1) is 18.7. The molecular weight excluding hydrogens is 471 g/mol. The number of anilines is 1. The van der Waals surface area contributed by atoms with Crippen LogP contribution in [0.15, 0.2) is 97.2 Å². The van der Waals surface area contributed by atoms with E-state index in [1.165, 1.54) is 22.4 Å². The summed E-state index contributed by atoms with van der Waals surface area (Å²) < 4.78 is 15.7. The molecule has 1 saturated heterocycles. The second-order valence-electron chi connectivity index (χ2n) is 10.8. The molecule has 6 rings (SSSR count). The van der Waals surface area contributed by atoms with Gasteiger partial charge in [0.15, 0.2) is 0 Å². The SMILES string of the molecule is Cn1cccc1[C@@H]1[C@@H](CN2CCN(c3ccc(F)cc3)CC2)c2ccccc2CN1CCc1ccccc1. The van der Waals surface area contributed by atoms with Gasteiger partial charge < -0.3 is 9.47 Å². The molecule has 1 fully saturated rings. The van der Waals surface area contributed by atoms with E-state index in [4.69, 9.17) is 0 Å². The summed E-state index contributed by atoms with van der Waals surface area (Å²) in [5.74, 6) is 0.216. The van der Waals surface area contributed by atoms with Gasteiger partial charge in [0, 0.05) is 76.4 Å². The van der Waals surface area contributed by atoms with Crippen LogP contribution in [0.3, 0.4) is 0 Å². The van der Waals surface area contributed by atoms with Crippen LogP contribution < -0.4 is 4.90 Å². The summed E-state index contributed by atoms with van der Waals surface area (Å²) in [6.45, 7) is 7.00. The molecule has 4 aromatic rings. The van der Waals surface area contributed by atoms with Crippen molar-refractivity contribution in [2.24, 2.45) is 7.05 Å². The largest absolute Gasteiger partial charge is 0.369 e. The molecule has 0 radical (unpaired) electrons. The zero-order valence-corrected chi connectivity index (χ0v) is 22.2. The number of aryl methyl sites for hydroxylation is 1. The Morgan fingerprint density at radius 2 is 1.53 bits per heavy atom. The molecule has 0 amide bonds. The standard InChI is InChI=1S/C33H37FN4/c1-35-18-7-12-32(35)33-31(25-36-20-22-37(23-21-36)29-15-13-28(34)14-16-29)30-11-6-5-10-27(30)24-38(33)19-17-26-8-3-2-4-9-26/h2-16,18,31,33H,17,19-25H2,1H3/t31-,33-/m0/s1. The number of fused-ring (bicyclic) bond motifs is 1. The van der Waals surface area contributed by atoms with Gasteiger partial charge in [-0.15, -0.1) is 0 Å². The maximum absolute atomic E-state index is 13.4. The van der Waals surface area contributed by atoms with Crippen molar-refractivity contribution >= 4 is 5.69 Å². The molecule has 5 heteroatoms. The highest BCUT2D eigenvalue weighted by Crippen LogP contribution is 2.43. The van der Waals surface area contributed by atoms with Crippen molar-refractivity contribution in [3.8, 4) is 0 Å². The van der Waals surface area contributed by atoms with Crippen LogP contribution in [0.2, 0.25) is 0 Å². The monoisotopic (exact) mass is 508 g/mol. The number of hydrogen-bond acceptors (Lipinski definition) is 3. The molecule has 196 valence electrons. The van der Waals surface area contributed by atoms with E-state index in [0.29, 0.717) is 12.0 Å². The Morgan fingerprint density at radius 3 is 2.26 bits per heavy atom. The lowest BCUT2D eigenvalue weighted by molar-refractivity contribution is 0.113. The summed E-state index contributed by atoms with van der Waals surface area (Å²) in [5, 5.41) is 0. The highest BCUT2D eigenvalue weighted by molar-refractivity contribution is 5.46. The van der Waals surface area contributed by atoms with Gasteiger partial charge in [0.2, 0.25) is 0 Å². The first-order valence-corrected chi connectivity index (χ1v) is 13.9. The molecule has 0 spiro atoms. The number of nitrogens with zero attached hydrogens (tertiary/aromatic N) is 4. The summed E-state index contributed by atoms with van der Waals surface area (Å²) in [7, 11) is 2.18. The zero-order chi connectivity index (χ0) is 25.9. The fourth-order valence-corrected chi connectivity index (χ4v) is 6.41. The molecule has 0 saturated carbocycles. The van der Waals surface area contributed by atoms with Crippen LogP contribution in [0.25, 0.3) is 0 Å². The third-order valence-electron chi connectivity index (χ3n) is 8.44. The average Bonchev–Trinajstić information content (AvgIpc) is 3.38. The molecule has 0 unspecified atom stereocenters. The predicted molar refractivity (Wildman–Crippen MR) is 153 cm³/mol. The van der Waals surface area contributed by atoms with Gasteiger partial charge >= 0.3 is 0 Å². The van der Waals surface area contributed by atoms with Crippen molar-refractivity contribution in [2.45, 2.75) is 24.9 Å². The van der Waals surface area contributed by atoms with E-state index in [9.17, 15) is 4.39 Å². The lowest BCUT2D eigenvalue weighted by atomic mass is 9.81. The van der Waals surface area contributed by atoms with E-state index >= 15 is 0 Å². The number of aromatic nitrogens is 1. The summed E-state index contributed by atoms with van der Waals surface area (Å²) in [4.78, 5) is 7.73. The molecule has 0 aliphatic carbocycles. The Bertz CT molecular complexity index is 1320. The zero-order valence-electron chi connectivity index (χ0n) is 22.2. The Kier molecular flexibility index (Phi) is 7.30. The summed E-state index contributed by atoms with van der Waals surface area (Å²) in [6.07, 6.45) is 3.23. The second kappa shape index (κ2) is 11.1. The Balaban J connectivity index is 1.25. The second-order valence-corrected chi connectivity index (χ2v) is 10.8. The third kappa shape index (κ3) is 5.27. The van der Waals surface area contributed by atoms with Crippen LogP contribution in [0, 0.1) is 5.82 Å². The van der Waals surface area contributed by atoms with E-state index in [1.54, 1.807) is 12.1 Å². The molecule has 38 heavy (non-hydrogen) atoms. The molecule has 1 aromatic heterocycles. The quantitative estimate of drug-likeness (QED) is 0.310. The molecular formula is C33H37FN4. The first-order valence-electron chi connectivity index (χ1n) is 13.9. The van der Waals surface area contributed by atoms with Crippen molar-refractivity contribution in [3.05, 3.63) is 125 Å². The van der Waals surface area contributed by atoms with Gasteiger partial charge in [-0.3, -0.25) is 9.80 Å². The fourth-order valence-electron chi connectivity index (χ4n) is 6.41. The number of hydrogen-bond donors (Lipinski definition) is 0. The Morgan fingerprint density at radius 1 is 0.789 bits per heavy atom. The number of piperazine rings is 1. The lowest BCUT2D eigenvalue weighted by Crippen LogP contribution is -2.50. The third-order valence-corrected chi connectivity index (χ3v) is 8.44. The van der Waals surface area contributed by atoms with Crippen molar-refractivity contribution < 1.29 is 4.39 Å². The highest BCUT2D eigenvalue weighted by atomic mass is 19.1. The average molecular weight is 509 g/mol. The van der Waals surface area contributed by atoms with E-state index < -0.39 is 0 Å². The topological polar surface area (TPSA) is 14.7 Å². The molecule has 2 aliphatic rings. The minimum atomic E-state index is -0.174. The van der Waals surface area contributed by atoms with Crippen molar-refractivity contribution in [1.29, 1.82) is 0 Å². The minimum Gasteiger partial charge on any atom is -0.369 e. The Labute approximate surface area is 225 Å².